The summed E-state index contributed by atoms with van der Waals surface area (Å²) in [5.41, 5.74) is 0.739. The predicted molar refractivity (Wildman–Crippen MR) is 135 cm³/mol. The number of hydrogen-bond acceptors (Lipinski definition) is 9. The number of methoxy groups -OCH3 is 2. The van der Waals surface area contributed by atoms with Gasteiger partial charge in [-0.3, -0.25) is 4.79 Å². The highest BCUT2D eigenvalue weighted by Gasteiger charge is 2.58. The number of esters is 1. The number of carbonyl (C=O) groups excluding carboxylic acids is 1. The molecular formula is C28H42O9. The van der Waals surface area contributed by atoms with Crippen LogP contribution >= 0.6 is 0 Å². The van der Waals surface area contributed by atoms with E-state index in [1.54, 1.807) is 19.1 Å². The zero-order valence-corrected chi connectivity index (χ0v) is 22.3. The molecule has 0 spiro atoms. The molecule has 1 saturated heterocycles. The normalized spacial score (nSPS) is 43.1. The molecule has 1 fully saturated rings. The van der Waals surface area contributed by atoms with Gasteiger partial charge in [-0.15, -0.1) is 0 Å². The molecule has 0 aliphatic carbocycles. The van der Waals surface area contributed by atoms with Crippen LogP contribution < -0.4 is 0 Å². The van der Waals surface area contributed by atoms with Gasteiger partial charge in [-0.2, -0.15) is 0 Å². The van der Waals surface area contributed by atoms with Crippen molar-refractivity contribution < 1.29 is 44.2 Å². The van der Waals surface area contributed by atoms with Gasteiger partial charge < -0.3 is 39.4 Å². The molecule has 3 rings (SSSR count). The van der Waals surface area contributed by atoms with Gasteiger partial charge in [0, 0.05) is 32.5 Å². The third-order valence-corrected chi connectivity index (χ3v) is 7.84. The summed E-state index contributed by atoms with van der Waals surface area (Å²) < 4.78 is 23.0. The Morgan fingerprint density at radius 1 is 0.973 bits per heavy atom. The molecule has 0 amide bonds. The molecule has 2 aliphatic heterocycles. The first-order valence-corrected chi connectivity index (χ1v) is 13.0. The van der Waals surface area contributed by atoms with Crippen molar-refractivity contribution in [2.75, 3.05) is 14.2 Å². The third kappa shape index (κ3) is 6.60. The lowest BCUT2D eigenvalue weighted by Gasteiger charge is -2.51. The summed E-state index contributed by atoms with van der Waals surface area (Å²) in [6.07, 6.45) is -2.10. The Kier molecular flexibility index (Phi) is 10.3. The molecule has 0 aromatic heterocycles. The molecule has 1 aromatic carbocycles. The largest absolute Gasteiger partial charge is 0.457 e. The number of aliphatic hydroxyl groups is 4. The number of cyclic esters (lactones) is 1. The predicted octanol–water partition coefficient (Wildman–Crippen LogP) is 2.12. The van der Waals surface area contributed by atoms with Crippen LogP contribution in [-0.4, -0.2) is 83.0 Å². The first-order valence-electron chi connectivity index (χ1n) is 13.0. The molecule has 2 unspecified atom stereocenters. The van der Waals surface area contributed by atoms with E-state index >= 15 is 0 Å². The van der Waals surface area contributed by atoms with E-state index < -0.39 is 66.3 Å². The van der Waals surface area contributed by atoms with Crippen molar-refractivity contribution in [3.05, 3.63) is 48.0 Å². The zero-order chi connectivity index (χ0) is 27.3. The number of benzene rings is 1. The molecule has 9 heteroatoms. The second-order valence-corrected chi connectivity index (χ2v) is 10.4. The highest BCUT2D eigenvalue weighted by Crippen LogP contribution is 2.42. The van der Waals surface area contributed by atoms with Crippen LogP contribution in [0.5, 0.6) is 0 Å². The zero-order valence-electron chi connectivity index (χ0n) is 22.3. The van der Waals surface area contributed by atoms with E-state index in [0.29, 0.717) is 6.42 Å². The van der Waals surface area contributed by atoms with E-state index in [4.69, 9.17) is 18.9 Å². The Morgan fingerprint density at radius 3 is 2.27 bits per heavy atom. The number of fused-ring (bicyclic) bond motifs is 2. The lowest BCUT2D eigenvalue weighted by molar-refractivity contribution is -0.360. The Balaban J connectivity index is 2.02. The van der Waals surface area contributed by atoms with Crippen LogP contribution in [0.25, 0.3) is 0 Å². The van der Waals surface area contributed by atoms with Crippen molar-refractivity contribution in [2.45, 2.75) is 88.5 Å². The van der Waals surface area contributed by atoms with Crippen LogP contribution in [0.2, 0.25) is 0 Å². The van der Waals surface area contributed by atoms with E-state index in [1.165, 1.54) is 21.1 Å². The average Bonchev–Trinajstić information content (AvgIpc) is 2.89. The Morgan fingerprint density at radius 2 is 1.65 bits per heavy atom. The SMILES string of the molecule is CO[C@H]1CC(O)CC[C@@H](c2ccccc2)OC(=O)[C@@H](C)C2(O)O[C@H]([C@@H](C)[C@H](O)[C@H]2OC)[C@@H](C)/C=C/[C@H]1O. The lowest BCUT2D eigenvalue weighted by atomic mass is 9.78. The molecule has 9 nitrogen and oxygen atoms in total. The lowest BCUT2D eigenvalue weighted by Crippen LogP contribution is -2.66. The van der Waals surface area contributed by atoms with Crippen LogP contribution in [0, 0.1) is 17.8 Å². The van der Waals surface area contributed by atoms with Gasteiger partial charge in [0.25, 0.3) is 0 Å². The molecule has 37 heavy (non-hydrogen) atoms. The summed E-state index contributed by atoms with van der Waals surface area (Å²) >= 11 is 0. The molecule has 2 bridgehead atoms. The van der Waals surface area contributed by atoms with Crippen LogP contribution in [0.1, 0.15) is 51.7 Å². The van der Waals surface area contributed by atoms with Crippen molar-refractivity contribution in [2.24, 2.45) is 17.8 Å². The van der Waals surface area contributed by atoms with Crippen LogP contribution in [0.3, 0.4) is 0 Å². The quantitative estimate of drug-likeness (QED) is 0.348. The minimum atomic E-state index is -2.17. The third-order valence-electron chi connectivity index (χ3n) is 7.84. The molecule has 208 valence electrons. The van der Waals surface area contributed by atoms with Gasteiger partial charge in [-0.25, -0.2) is 0 Å². The summed E-state index contributed by atoms with van der Waals surface area (Å²) in [6.45, 7) is 5.10. The molecule has 0 radical (unpaired) electrons. The standard InChI is InChI=1S/C28H42O9/c1-16-11-13-21(30)23(34-4)15-20(29)12-14-22(19-9-7-6-8-10-19)36-27(32)18(3)28(33)26(35-5)24(31)17(2)25(16)37-28/h6-11,13,16-18,20-26,29-31,33H,12,14-15H2,1-5H3/b13-11+/t16-,17-,18+,20?,21+,22-,23-,24-,25-,26+,28?/m0/s1. The number of hydrogen-bond donors (Lipinski definition) is 4. The van der Waals surface area contributed by atoms with Crippen LogP contribution in [-0.2, 0) is 23.7 Å². The number of aliphatic hydroxyl groups excluding tert-OH is 3. The minimum Gasteiger partial charge on any atom is -0.457 e. The highest BCUT2D eigenvalue weighted by molar-refractivity contribution is 5.73. The van der Waals surface area contributed by atoms with E-state index in [9.17, 15) is 25.2 Å². The maximum absolute atomic E-state index is 13.4. The molecular weight excluding hydrogens is 480 g/mol. The molecule has 2 heterocycles. The average molecular weight is 523 g/mol. The summed E-state index contributed by atoms with van der Waals surface area (Å²) in [5.74, 6) is -4.91. The van der Waals surface area contributed by atoms with Gasteiger partial charge in [0.2, 0.25) is 5.79 Å². The number of ether oxygens (including phenoxy) is 4. The van der Waals surface area contributed by atoms with E-state index in [2.05, 4.69) is 0 Å². The number of rotatable bonds is 3. The van der Waals surface area contributed by atoms with Gasteiger partial charge in [-0.05, 0) is 25.3 Å². The van der Waals surface area contributed by atoms with Gasteiger partial charge >= 0.3 is 5.97 Å². The Bertz CT molecular complexity index is 893. The summed E-state index contributed by atoms with van der Waals surface area (Å²) in [7, 11) is 2.82. The van der Waals surface area contributed by atoms with Crippen LogP contribution in [0.15, 0.2) is 42.5 Å². The second-order valence-electron chi connectivity index (χ2n) is 10.4. The van der Waals surface area contributed by atoms with Gasteiger partial charge in [0.05, 0.1) is 30.5 Å². The second kappa shape index (κ2) is 12.8. The summed E-state index contributed by atoms with van der Waals surface area (Å²) in [4.78, 5) is 13.4. The topological polar surface area (TPSA) is 135 Å². The highest BCUT2D eigenvalue weighted by atomic mass is 16.7. The van der Waals surface area contributed by atoms with E-state index in [1.807, 2.05) is 37.3 Å². The van der Waals surface area contributed by atoms with Gasteiger partial charge in [0.1, 0.15) is 18.1 Å². The molecule has 0 saturated carbocycles. The minimum absolute atomic E-state index is 0.187. The van der Waals surface area contributed by atoms with Gasteiger partial charge in [0.15, 0.2) is 0 Å². The van der Waals surface area contributed by atoms with Crippen molar-refractivity contribution in [1.29, 1.82) is 0 Å². The molecule has 1 aromatic rings. The monoisotopic (exact) mass is 522 g/mol. The fraction of sp³-hybridized carbons (Fsp3) is 0.679. The molecule has 4 N–H and O–H groups in total. The van der Waals surface area contributed by atoms with Crippen molar-refractivity contribution >= 4 is 5.97 Å². The fourth-order valence-electron chi connectivity index (χ4n) is 5.35. The maximum atomic E-state index is 13.4. The van der Waals surface area contributed by atoms with Crippen molar-refractivity contribution in [1.82, 2.24) is 0 Å². The maximum Gasteiger partial charge on any atom is 0.314 e. The Labute approximate surface area is 219 Å². The Hall–Kier alpha value is -1.85. The first-order chi connectivity index (χ1) is 17.5. The summed E-state index contributed by atoms with van der Waals surface area (Å²) in [6, 6.07) is 9.16. The van der Waals surface area contributed by atoms with Crippen molar-refractivity contribution in [3.63, 3.8) is 0 Å². The smallest absolute Gasteiger partial charge is 0.314 e. The van der Waals surface area contributed by atoms with E-state index in [-0.39, 0.29) is 18.8 Å². The molecule has 11 atom stereocenters. The summed E-state index contributed by atoms with van der Waals surface area (Å²) in [5, 5.41) is 44.2. The van der Waals surface area contributed by atoms with E-state index in [0.717, 1.165) is 5.56 Å². The first kappa shape index (κ1) is 29.7. The van der Waals surface area contributed by atoms with Gasteiger partial charge in [-0.1, -0.05) is 56.3 Å². The van der Waals surface area contributed by atoms with Crippen LogP contribution in [0.4, 0.5) is 0 Å². The number of carbonyl (C=O) groups is 1. The molecule has 2 aliphatic rings. The fourth-order valence-corrected chi connectivity index (χ4v) is 5.35. The van der Waals surface area contributed by atoms with Crippen molar-refractivity contribution in [3.8, 4) is 0 Å².